The molecule has 0 aliphatic rings. The quantitative estimate of drug-likeness (QED) is 0.588. The maximum absolute atomic E-state index is 12.2. The minimum atomic E-state index is -0.176. The molecule has 120 valence electrons. The first kappa shape index (κ1) is 15.0. The summed E-state index contributed by atoms with van der Waals surface area (Å²) in [6.45, 7) is 0.534. The van der Waals surface area contributed by atoms with Crippen LogP contribution in [0.5, 0.6) is 0 Å². The van der Waals surface area contributed by atoms with Crippen LogP contribution in [-0.4, -0.2) is 22.4 Å². The first-order chi connectivity index (χ1) is 11.8. The van der Waals surface area contributed by atoms with Crippen molar-refractivity contribution in [2.45, 2.75) is 6.42 Å². The molecule has 24 heavy (non-hydrogen) atoms. The van der Waals surface area contributed by atoms with Gasteiger partial charge in [-0.25, -0.2) is 9.97 Å². The van der Waals surface area contributed by atoms with Crippen LogP contribution in [0.3, 0.4) is 0 Å². The minimum Gasteiger partial charge on any atom is -0.462 e. The van der Waals surface area contributed by atoms with Gasteiger partial charge in [0.2, 0.25) is 0 Å². The molecule has 4 rings (SSSR count). The molecule has 4 aromatic rings. The van der Waals surface area contributed by atoms with Crippen LogP contribution in [0, 0.1) is 0 Å². The predicted octanol–water partition coefficient (Wildman–Crippen LogP) is 3.99. The van der Waals surface area contributed by atoms with Crippen molar-refractivity contribution in [3.8, 4) is 10.8 Å². The largest absolute Gasteiger partial charge is 0.462 e. The number of hydrogen-bond acceptors (Lipinski definition) is 6. The number of aromatic nitrogens is 2. The normalized spacial score (nSPS) is 11.0. The Morgan fingerprint density at radius 1 is 1.17 bits per heavy atom. The summed E-state index contributed by atoms with van der Waals surface area (Å²) < 4.78 is 6.46. The number of nitrogens with zero attached hydrogens (tertiary/aromatic N) is 2. The van der Waals surface area contributed by atoms with Crippen molar-refractivity contribution in [3.05, 3.63) is 58.7 Å². The van der Waals surface area contributed by atoms with Gasteiger partial charge in [0.05, 0.1) is 21.5 Å². The summed E-state index contributed by atoms with van der Waals surface area (Å²) in [7, 11) is 0. The fourth-order valence-electron chi connectivity index (χ4n) is 2.29. The molecule has 3 aromatic heterocycles. The van der Waals surface area contributed by atoms with E-state index >= 15 is 0 Å². The highest BCUT2D eigenvalue weighted by Gasteiger charge is 2.13. The van der Waals surface area contributed by atoms with E-state index in [0.717, 1.165) is 10.5 Å². The number of benzene rings is 1. The number of rotatable bonds is 5. The van der Waals surface area contributed by atoms with Crippen LogP contribution in [0.25, 0.3) is 21.0 Å². The third-order valence-corrected chi connectivity index (χ3v) is 5.38. The van der Waals surface area contributed by atoms with E-state index in [-0.39, 0.29) is 5.91 Å². The van der Waals surface area contributed by atoms with Gasteiger partial charge in [-0.05, 0) is 24.3 Å². The van der Waals surface area contributed by atoms with E-state index in [1.54, 1.807) is 29.0 Å². The summed E-state index contributed by atoms with van der Waals surface area (Å²) >= 11 is 3.05. The van der Waals surface area contributed by atoms with Crippen molar-refractivity contribution >= 4 is 38.8 Å². The lowest BCUT2D eigenvalue weighted by Crippen LogP contribution is -2.25. The Hall–Kier alpha value is -2.51. The smallest absolute Gasteiger partial charge is 0.270 e. The van der Waals surface area contributed by atoms with Crippen LogP contribution < -0.4 is 5.32 Å². The van der Waals surface area contributed by atoms with E-state index in [4.69, 9.17) is 4.42 Å². The van der Waals surface area contributed by atoms with Gasteiger partial charge in [0.25, 0.3) is 5.91 Å². The molecule has 0 radical (unpaired) electrons. The molecule has 0 fully saturated rings. The minimum absolute atomic E-state index is 0.176. The summed E-state index contributed by atoms with van der Waals surface area (Å²) in [6.07, 6.45) is 2.30. The molecule has 0 aliphatic carbocycles. The number of nitrogens with one attached hydrogen (secondary N) is 1. The first-order valence-electron chi connectivity index (χ1n) is 7.41. The molecule has 1 amide bonds. The summed E-state index contributed by atoms with van der Waals surface area (Å²) in [5, 5.41) is 6.36. The molecule has 0 spiro atoms. The topological polar surface area (TPSA) is 68.0 Å². The summed E-state index contributed by atoms with van der Waals surface area (Å²) in [4.78, 5) is 21.0. The van der Waals surface area contributed by atoms with Crippen LogP contribution in [0.1, 0.15) is 15.5 Å². The number of thiazole rings is 2. The van der Waals surface area contributed by atoms with Crippen molar-refractivity contribution in [2.24, 2.45) is 0 Å². The molecule has 0 unspecified atom stereocenters. The fraction of sp³-hybridized carbons (Fsp3) is 0.118. The number of fused-ring (bicyclic) bond motifs is 1. The van der Waals surface area contributed by atoms with Crippen LogP contribution >= 0.6 is 22.7 Å². The van der Waals surface area contributed by atoms with Gasteiger partial charge >= 0.3 is 0 Å². The molecule has 0 saturated carbocycles. The van der Waals surface area contributed by atoms with E-state index in [0.29, 0.717) is 29.4 Å². The number of para-hydroxylation sites is 1. The Labute approximate surface area is 146 Å². The molecule has 5 nitrogen and oxygen atoms in total. The Bertz CT molecular complexity index is 940. The summed E-state index contributed by atoms with van der Waals surface area (Å²) in [6, 6.07) is 11.7. The van der Waals surface area contributed by atoms with E-state index in [1.807, 2.05) is 24.3 Å². The Kier molecular flexibility index (Phi) is 4.10. The fourth-order valence-corrected chi connectivity index (χ4v) is 4.03. The highest BCUT2D eigenvalue weighted by molar-refractivity contribution is 7.18. The molecule has 3 heterocycles. The first-order valence-corrected chi connectivity index (χ1v) is 9.11. The van der Waals surface area contributed by atoms with E-state index in [1.165, 1.54) is 16.0 Å². The Morgan fingerprint density at radius 3 is 2.92 bits per heavy atom. The van der Waals surface area contributed by atoms with Crippen LogP contribution in [0.2, 0.25) is 0 Å². The second kappa shape index (κ2) is 6.54. The van der Waals surface area contributed by atoms with Crippen molar-refractivity contribution in [3.63, 3.8) is 0 Å². The van der Waals surface area contributed by atoms with Gasteiger partial charge in [-0.2, -0.15) is 0 Å². The van der Waals surface area contributed by atoms with Crippen LogP contribution in [0.4, 0.5) is 0 Å². The van der Waals surface area contributed by atoms with Gasteiger partial charge < -0.3 is 9.73 Å². The average Bonchev–Trinajstić information content (AvgIpc) is 3.33. The second-order valence-electron chi connectivity index (χ2n) is 5.10. The summed E-state index contributed by atoms with van der Waals surface area (Å²) in [5.41, 5.74) is 1.42. The standard InChI is InChI=1S/C17H13N3O2S2/c21-16(12-10-23-17(20-12)13-5-3-9-22-13)18-8-7-15-19-11-4-1-2-6-14(11)24-15/h1-6,9-10H,7-8H2,(H,18,21). The van der Waals surface area contributed by atoms with Crippen molar-refractivity contribution in [2.75, 3.05) is 6.54 Å². The number of carbonyl (C=O) groups excluding carboxylic acids is 1. The monoisotopic (exact) mass is 355 g/mol. The van der Waals surface area contributed by atoms with E-state index < -0.39 is 0 Å². The zero-order valence-corrected chi connectivity index (χ0v) is 14.2. The van der Waals surface area contributed by atoms with Crippen LogP contribution in [0.15, 0.2) is 52.5 Å². The maximum atomic E-state index is 12.2. The molecule has 0 aliphatic heterocycles. The lowest BCUT2D eigenvalue weighted by atomic mass is 10.3. The third-order valence-electron chi connectivity index (χ3n) is 3.43. The molecule has 1 aromatic carbocycles. The molecule has 1 N–H and O–H groups in total. The number of hydrogen-bond donors (Lipinski definition) is 1. The van der Waals surface area contributed by atoms with Crippen molar-refractivity contribution in [1.82, 2.24) is 15.3 Å². The highest BCUT2D eigenvalue weighted by atomic mass is 32.1. The van der Waals surface area contributed by atoms with Gasteiger partial charge in [0, 0.05) is 18.3 Å². The predicted molar refractivity (Wildman–Crippen MR) is 95.5 cm³/mol. The second-order valence-corrected chi connectivity index (χ2v) is 7.07. The van der Waals surface area contributed by atoms with E-state index in [2.05, 4.69) is 21.4 Å². The molecular formula is C17H13N3O2S2. The average molecular weight is 355 g/mol. The zero-order chi connectivity index (χ0) is 16.4. The SMILES string of the molecule is O=C(NCCc1nc2ccccc2s1)c1csc(-c2ccco2)n1. The molecular weight excluding hydrogens is 342 g/mol. The highest BCUT2D eigenvalue weighted by Crippen LogP contribution is 2.24. The Morgan fingerprint density at radius 2 is 2.08 bits per heavy atom. The van der Waals surface area contributed by atoms with Gasteiger partial charge in [-0.1, -0.05) is 12.1 Å². The van der Waals surface area contributed by atoms with Gasteiger partial charge in [-0.15, -0.1) is 22.7 Å². The van der Waals surface area contributed by atoms with Gasteiger partial charge in [0.1, 0.15) is 5.69 Å². The van der Waals surface area contributed by atoms with Gasteiger partial charge in [-0.3, -0.25) is 4.79 Å². The lowest BCUT2D eigenvalue weighted by molar-refractivity contribution is 0.0950. The molecule has 7 heteroatoms. The molecule has 0 saturated heterocycles. The Balaban J connectivity index is 1.36. The van der Waals surface area contributed by atoms with Crippen molar-refractivity contribution in [1.29, 1.82) is 0 Å². The van der Waals surface area contributed by atoms with Crippen molar-refractivity contribution < 1.29 is 9.21 Å². The number of carbonyl (C=O) groups is 1. The van der Waals surface area contributed by atoms with E-state index in [9.17, 15) is 4.79 Å². The lowest BCUT2D eigenvalue weighted by Gasteiger charge is -2.00. The summed E-state index contributed by atoms with van der Waals surface area (Å²) in [5.74, 6) is 0.499. The van der Waals surface area contributed by atoms with Gasteiger partial charge in [0.15, 0.2) is 10.8 Å². The molecule has 0 bridgehead atoms. The molecule has 0 atom stereocenters. The zero-order valence-electron chi connectivity index (χ0n) is 12.6. The third kappa shape index (κ3) is 3.08. The number of furan rings is 1. The number of amides is 1. The maximum Gasteiger partial charge on any atom is 0.270 e. The van der Waals surface area contributed by atoms with Crippen LogP contribution in [-0.2, 0) is 6.42 Å².